The van der Waals surface area contributed by atoms with Gasteiger partial charge < -0.3 is 0 Å². The zero-order valence-electron chi connectivity index (χ0n) is 12.0. The van der Waals surface area contributed by atoms with Gasteiger partial charge in [-0.25, -0.2) is 13.1 Å². The molecule has 0 spiro atoms. The highest BCUT2D eigenvalue weighted by atomic mass is 32.2. The Balaban J connectivity index is 1.77. The lowest BCUT2D eigenvalue weighted by Gasteiger charge is -2.25. The highest BCUT2D eigenvalue weighted by molar-refractivity contribution is 7.89. The molecule has 0 amide bonds. The van der Waals surface area contributed by atoms with Crippen LogP contribution in [0.3, 0.4) is 0 Å². The summed E-state index contributed by atoms with van der Waals surface area (Å²) < 4.78 is 27.7. The summed E-state index contributed by atoms with van der Waals surface area (Å²) in [5, 5.41) is 0. The summed E-state index contributed by atoms with van der Waals surface area (Å²) in [4.78, 5) is 0.340. The van der Waals surface area contributed by atoms with E-state index < -0.39 is 10.0 Å². The fourth-order valence-corrected chi connectivity index (χ4v) is 4.07. The summed E-state index contributed by atoms with van der Waals surface area (Å²) in [7, 11) is -3.43. The van der Waals surface area contributed by atoms with E-state index in [2.05, 4.69) is 16.9 Å². The van der Waals surface area contributed by atoms with Crippen molar-refractivity contribution in [3.05, 3.63) is 65.2 Å². The molecule has 3 nitrogen and oxygen atoms in total. The summed E-state index contributed by atoms with van der Waals surface area (Å²) >= 11 is 0. The number of hydrogen-bond donors (Lipinski definition) is 1. The summed E-state index contributed by atoms with van der Waals surface area (Å²) in [5.74, 6) is 0. The molecule has 21 heavy (non-hydrogen) atoms. The molecule has 3 rings (SSSR count). The molecule has 1 atom stereocenters. The molecule has 0 bridgehead atoms. The van der Waals surface area contributed by atoms with Crippen LogP contribution in [0.1, 0.15) is 23.1 Å². The second-order valence-corrected chi connectivity index (χ2v) is 7.36. The number of sulfonamides is 1. The van der Waals surface area contributed by atoms with Crippen LogP contribution in [0.4, 0.5) is 0 Å². The van der Waals surface area contributed by atoms with Crippen molar-refractivity contribution in [2.24, 2.45) is 0 Å². The zero-order chi connectivity index (χ0) is 14.9. The van der Waals surface area contributed by atoms with Gasteiger partial charge >= 0.3 is 0 Å². The van der Waals surface area contributed by atoms with Crippen molar-refractivity contribution >= 4 is 10.0 Å². The van der Waals surface area contributed by atoms with Crippen molar-refractivity contribution in [2.75, 3.05) is 0 Å². The van der Waals surface area contributed by atoms with Crippen molar-refractivity contribution < 1.29 is 8.42 Å². The molecule has 1 N–H and O–H groups in total. The molecule has 0 heterocycles. The SMILES string of the molecule is Cc1ccc(S(=O)(=O)NC2CCc3ccccc3C2)cc1. The molecule has 1 aliphatic carbocycles. The Morgan fingerprint density at radius 1 is 1.00 bits per heavy atom. The quantitative estimate of drug-likeness (QED) is 0.947. The van der Waals surface area contributed by atoms with E-state index in [1.807, 2.05) is 31.2 Å². The fourth-order valence-electron chi connectivity index (χ4n) is 2.80. The van der Waals surface area contributed by atoms with Gasteiger partial charge in [0.05, 0.1) is 4.90 Å². The fraction of sp³-hybridized carbons (Fsp3) is 0.294. The molecule has 110 valence electrons. The van der Waals surface area contributed by atoms with Gasteiger partial charge in [-0.1, -0.05) is 42.0 Å². The van der Waals surface area contributed by atoms with E-state index in [0.717, 1.165) is 24.8 Å². The molecule has 2 aromatic carbocycles. The number of hydrogen-bond acceptors (Lipinski definition) is 2. The standard InChI is InChI=1S/C17H19NO2S/c1-13-6-10-17(11-7-13)21(19,20)18-16-9-8-14-4-2-3-5-15(14)12-16/h2-7,10-11,16,18H,8-9,12H2,1H3. The third-order valence-corrected chi connectivity index (χ3v) is 5.54. The first kappa shape index (κ1) is 14.3. The Kier molecular flexibility index (Phi) is 3.83. The lowest BCUT2D eigenvalue weighted by molar-refractivity contribution is 0.507. The second-order valence-electron chi connectivity index (χ2n) is 5.64. The van der Waals surface area contributed by atoms with E-state index in [4.69, 9.17) is 0 Å². The molecule has 0 saturated heterocycles. The summed E-state index contributed by atoms with van der Waals surface area (Å²) in [6, 6.07) is 15.2. The number of benzene rings is 2. The van der Waals surface area contributed by atoms with E-state index in [0.29, 0.717) is 4.90 Å². The third-order valence-electron chi connectivity index (χ3n) is 4.00. The van der Waals surface area contributed by atoms with Crippen LogP contribution in [0.25, 0.3) is 0 Å². The van der Waals surface area contributed by atoms with Crippen molar-refractivity contribution in [2.45, 2.75) is 37.1 Å². The van der Waals surface area contributed by atoms with Gasteiger partial charge in [0.1, 0.15) is 0 Å². The van der Waals surface area contributed by atoms with Gasteiger partial charge in [-0.3, -0.25) is 0 Å². The van der Waals surface area contributed by atoms with E-state index in [1.54, 1.807) is 12.1 Å². The molecule has 0 fully saturated rings. The molecule has 0 saturated carbocycles. The van der Waals surface area contributed by atoms with Crippen molar-refractivity contribution in [1.29, 1.82) is 0 Å². The van der Waals surface area contributed by atoms with Crippen LogP contribution in [-0.4, -0.2) is 14.5 Å². The molecule has 0 aromatic heterocycles. The van der Waals surface area contributed by atoms with E-state index in [9.17, 15) is 8.42 Å². The van der Waals surface area contributed by atoms with Crippen LogP contribution < -0.4 is 4.72 Å². The molecule has 2 aromatic rings. The van der Waals surface area contributed by atoms with Crippen molar-refractivity contribution in [3.8, 4) is 0 Å². The average Bonchev–Trinajstić information content (AvgIpc) is 2.47. The van der Waals surface area contributed by atoms with Crippen LogP contribution in [0.5, 0.6) is 0 Å². The zero-order valence-corrected chi connectivity index (χ0v) is 12.9. The Labute approximate surface area is 126 Å². The predicted octanol–water partition coefficient (Wildman–Crippen LogP) is 2.83. The third kappa shape index (κ3) is 3.17. The normalized spacial score (nSPS) is 18.2. The Bertz CT molecular complexity index is 736. The summed E-state index contributed by atoms with van der Waals surface area (Å²) in [6.07, 6.45) is 2.54. The van der Waals surface area contributed by atoms with Crippen molar-refractivity contribution in [1.82, 2.24) is 4.72 Å². The van der Waals surface area contributed by atoms with E-state index >= 15 is 0 Å². The maximum Gasteiger partial charge on any atom is 0.240 e. The maximum atomic E-state index is 12.4. The highest BCUT2D eigenvalue weighted by Gasteiger charge is 2.24. The molecular weight excluding hydrogens is 282 g/mol. The van der Waals surface area contributed by atoms with Crippen LogP contribution in [-0.2, 0) is 22.9 Å². The molecule has 0 radical (unpaired) electrons. The van der Waals surface area contributed by atoms with Crippen molar-refractivity contribution in [3.63, 3.8) is 0 Å². The van der Waals surface area contributed by atoms with Crippen LogP contribution in [0.15, 0.2) is 53.4 Å². The number of nitrogens with one attached hydrogen (secondary N) is 1. The maximum absolute atomic E-state index is 12.4. The number of aryl methyl sites for hydroxylation is 2. The smallest absolute Gasteiger partial charge is 0.208 e. The Hall–Kier alpha value is -1.65. The van der Waals surface area contributed by atoms with Gasteiger partial charge in [-0.15, -0.1) is 0 Å². The summed E-state index contributed by atoms with van der Waals surface area (Å²) in [6.45, 7) is 1.95. The molecule has 4 heteroatoms. The highest BCUT2D eigenvalue weighted by Crippen LogP contribution is 2.22. The first-order valence-electron chi connectivity index (χ1n) is 7.20. The van der Waals surface area contributed by atoms with Crippen LogP contribution >= 0.6 is 0 Å². The molecular formula is C17H19NO2S. The van der Waals surface area contributed by atoms with Gasteiger partial charge in [0, 0.05) is 6.04 Å². The first-order chi connectivity index (χ1) is 10.0. The van der Waals surface area contributed by atoms with Gasteiger partial charge in [-0.2, -0.15) is 0 Å². The predicted molar refractivity (Wildman–Crippen MR) is 83.8 cm³/mol. The van der Waals surface area contributed by atoms with Crippen LogP contribution in [0, 0.1) is 6.92 Å². The van der Waals surface area contributed by atoms with Crippen LogP contribution in [0.2, 0.25) is 0 Å². The van der Waals surface area contributed by atoms with E-state index in [1.165, 1.54) is 11.1 Å². The van der Waals surface area contributed by atoms with Gasteiger partial charge in [-0.05, 0) is 49.4 Å². The Morgan fingerprint density at radius 3 is 2.38 bits per heavy atom. The summed E-state index contributed by atoms with van der Waals surface area (Å²) in [5.41, 5.74) is 3.64. The largest absolute Gasteiger partial charge is 0.240 e. The number of rotatable bonds is 3. The average molecular weight is 301 g/mol. The molecule has 0 aliphatic heterocycles. The van der Waals surface area contributed by atoms with E-state index in [-0.39, 0.29) is 6.04 Å². The Morgan fingerprint density at radius 2 is 1.67 bits per heavy atom. The lowest BCUT2D eigenvalue weighted by atomic mass is 9.89. The minimum absolute atomic E-state index is 0.0220. The first-order valence-corrected chi connectivity index (χ1v) is 8.69. The number of fused-ring (bicyclic) bond motifs is 1. The van der Waals surface area contributed by atoms with Gasteiger partial charge in [0.25, 0.3) is 0 Å². The molecule has 1 unspecified atom stereocenters. The minimum Gasteiger partial charge on any atom is -0.208 e. The van der Waals surface area contributed by atoms with Gasteiger partial charge in [0.15, 0.2) is 0 Å². The monoisotopic (exact) mass is 301 g/mol. The minimum atomic E-state index is -3.43. The lowest BCUT2D eigenvalue weighted by Crippen LogP contribution is -2.38. The second kappa shape index (κ2) is 5.62. The topological polar surface area (TPSA) is 46.2 Å². The van der Waals surface area contributed by atoms with Gasteiger partial charge in [0.2, 0.25) is 10.0 Å². The molecule has 1 aliphatic rings.